The molecule has 1 aromatic rings. The molecular weight excluding hydrogens is 384 g/mol. The summed E-state index contributed by atoms with van der Waals surface area (Å²) in [5.41, 5.74) is 1.40. The number of benzene rings is 1. The highest BCUT2D eigenvalue weighted by molar-refractivity contribution is 9.10. The van der Waals surface area contributed by atoms with Crippen molar-refractivity contribution in [3.63, 3.8) is 0 Å². The summed E-state index contributed by atoms with van der Waals surface area (Å²) in [7, 11) is -0.971. The summed E-state index contributed by atoms with van der Waals surface area (Å²) in [6.45, 7) is 11.3. The monoisotopic (exact) mass is 416 g/mol. The molecule has 1 aromatic carbocycles. The molecule has 1 rings (SSSR count). The van der Waals surface area contributed by atoms with Gasteiger partial charge in [-0.15, -0.1) is 0 Å². The second-order valence-electron chi connectivity index (χ2n) is 6.66. The number of hydrogen-bond acceptors (Lipinski definition) is 2. The van der Waals surface area contributed by atoms with E-state index in [1.54, 1.807) is 0 Å². The van der Waals surface area contributed by atoms with E-state index in [0.717, 1.165) is 4.47 Å². The average molecular weight is 418 g/mol. The third-order valence-electron chi connectivity index (χ3n) is 4.51. The van der Waals surface area contributed by atoms with Gasteiger partial charge in [0, 0.05) is 9.89 Å². The molecule has 0 saturated heterocycles. The SMILES string of the molecule is CCCCCC(c1ccc(Br)cc1)C(C)(C)C(O[SiH2]C)O[SiH2]C. The van der Waals surface area contributed by atoms with Crippen LogP contribution in [0.25, 0.3) is 0 Å². The van der Waals surface area contributed by atoms with E-state index in [9.17, 15) is 0 Å². The van der Waals surface area contributed by atoms with E-state index in [1.165, 1.54) is 31.2 Å². The van der Waals surface area contributed by atoms with E-state index in [0.29, 0.717) is 5.92 Å². The molecular formula is C18H33BrO2Si2. The molecule has 0 aliphatic carbocycles. The Labute approximate surface area is 155 Å². The van der Waals surface area contributed by atoms with E-state index < -0.39 is 19.5 Å². The highest BCUT2D eigenvalue weighted by atomic mass is 79.9. The molecule has 0 aromatic heterocycles. The smallest absolute Gasteiger partial charge is 0.161 e. The highest BCUT2D eigenvalue weighted by Crippen LogP contribution is 2.43. The number of halogens is 1. The van der Waals surface area contributed by atoms with Crippen molar-refractivity contribution >= 4 is 35.5 Å². The van der Waals surface area contributed by atoms with Gasteiger partial charge in [-0.25, -0.2) is 0 Å². The van der Waals surface area contributed by atoms with Crippen molar-refractivity contribution in [3.8, 4) is 0 Å². The Kier molecular flexibility index (Phi) is 9.93. The number of hydrogen-bond donors (Lipinski definition) is 0. The van der Waals surface area contributed by atoms with E-state index in [1.807, 2.05) is 0 Å². The minimum absolute atomic E-state index is 0.00636. The van der Waals surface area contributed by atoms with Crippen LogP contribution in [0, 0.1) is 5.41 Å². The molecule has 2 nitrogen and oxygen atoms in total. The first-order chi connectivity index (χ1) is 11.0. The second-order valence-corrected chi connectivity index (χ2v) is 9.40. The third-order valence-corrected chi connectivity index (χ3v) is 6.31. The topological polar surface area (TPSA) is 18.5 Å². The fraction of sp³-hybridized carbons (Fsp3) is 0.667. The summed E-state index contributed by atoms with van der Waals surface area (Å²) in [6, 6.07) is 8.81. The minimum Gasteiger partial charge on any atom is -0.400 e. The molecule has 5 heteroatoms. The molecule has 132 valence electrons. The Morgan fingerprint density at radius 1 is 1.04 bits per heavy atom. The summed E-state index contributed by atoms with van der Waals surface area (Å²) in [4.78, 5) is 0. The van der Waals surface area contributed by atoms with Crippen molar-refractivity contribution in [2.45, 2.75) is 71.8 Å². The summed E-state index contributed by atoms with van der Waals surface area (Å²) < 4.78 is 13.4. The normalized spacial score (nSPS) is 15.7. The van der Waals surface area contributed by atoms with Gasteiger partial charge in [0.1, 0.15) is 6.29 Å². The lowest BCUT2D eigenvalue weighted by molar-refractivity contribution is -0.0918. The molecule has 0 N–H and O–H groups in total. The lowest BCUT2D eigenvalue weighted by Gasteiger charge is -2.41. The van der Waals surface area contributed by atoms with Gasteiger partial charge in [0.15, 0.2) is 19.5 Å². The van der Waals surface area contributed by atoms with Gasteiger partial charge in [-0.2, -0.15) is 0 Å². The summed E-state index contributed by atoms with van der Waals surface area (Å²) in [5, 5.41) is 0. The van der Waals surface area contributed by atoms with E-state index in [-0.39, 0.29) is 11.7 Å². The third kappa shape index (κ3) is 6.46. The van der Waals surface area contributed by atoms with E-state index in [2.05, 4.69) is 74.1 Å². The van der Waals surface area contributed by atoms with Gasteiger partial charge in [0.2, 0.25) is 0 Å². The predicted octanol–water partition coefficient (Wildman–Crippen LogP) is 4.76. The van der Waals surface area contributed by atoms with Gasteiger partial charge in [-0.05, 0) is 30.0 Å². The largest absolute Gasteiger partial charge is 0.400 e. The predicted molar refractivity (Wildman–Crippen MR) is 110 cm³/mol. The summed E-state index contributed by atoms with van der Waals surface area (Å²) in [6.07, 6.45) is 4.96. The summed E-state index contributed by atoms with van der Waals surface area (Å²) >= 11 is 3.55. The zero-order valence-corrected chi connectivity index (χ0v) is 19.8. The van der Waals surface area contributed by atoms with Crippen LogP contribution < -0.4 is 0 Å². The second kappa shape index (κ2) is 10.8. The van der Waals surface area contributed by atoms with Crippen LogP contribution in [0.1, 0.15) is 57.9 Å². The highest BCUT2D eigenvalue weighted by Gasteiger charge is 2.38. The first-order valence-corrected chi connectivity index (χ1v) is 13.7. The molecule has 0 heterocycles. The molecule has 0 aliphatic rings. The Morgan fingerprint density at radius 3 is 2.09 bits per heavy atom. The molecule has 0 saturated carbocycles. The van der Waals surface area contributed by atoms with Gasteiger partial charge < -0.3 is 8.85 Å². The zero-order valence-electron chi connectivity index (χ0n) is 15.4. The molecule has 0 radical (unpaired) electrons. The standard InChI is InChI=1S/C18H33BrO2Si2/c1-6-7-8-9-16(14-10-12-15(19)13-11-14)18(2,3)17(20-22-4)21-23-5/h10-13,16-17H,6-9,22-23H2,1-5H3. The Morgan fingerprint density at radius 2 is 1.61 bits per heavy atom. The quantitative estimate of drug-likeness (QED) is 0.294. The van der Waals surface area contributed by atoms with Crippen LogP contribution >= 0.6 is 15.9 Å². The van der Waals surface area contributed by atoms with Gasteiger partial charge in [-0.3, -0.25) is 0 Å². The fourth-order valence-corrected chi connectivity index (χ4v) is 5.32. The fourth-order valence-electron chi connectivity index (χ4n) is 3.21. The molecule has 1 unspecified atom stereocenters. The molecule has 1 atom stereocenters. The Bertz CT molecular complexity index is 431. The van der Waals surface area contributed by atoms with Crippen molar-refractivity contribution in [2.75, 3.05) is 0 Å². The summed E-state index contributed by atoms with van der Waals surface area (Å²) in [5.74, 6) is 0.466. The van der Waals surface area contributed by atoms with Crippen LogP contribution in [0.4, 0.5) is 0 Å². The van der Waals surface area contributed by atoms with Crippen LogP contribution in [0.2, 0.25) is 13.1 Å². The number of rotatable bonds is 11. The average Bonchev–Trinajstić information content (AvgIpc) is 2.52. The maximum absolute atomic E-state index is 6.12. The van der Waals surface area contributed by atoms with Crippen LogP contribution in [0.3, 0.4) is 0 Å². The first-order valence-electron chi connectivity index (χ1n) is 8.95. The molecule has 23 heavy (non-hydrogen) atoms. The Balaban J connectivity index is 3.05. The molecule has 0 aliphatic heterocycles. The number of unbranched alkanes of at least 4 members (excludes halogenated alkanes) is 2. The molecule has 0 amide bonds. The van der Waals surface area contributed by atoms with Crippen LogP contribution in [0.15, 0.2) is 28.7 Å². The zero-order chi connectivity index (χ0) is 17.3. The van der Waals surface area contributed by atoms with Crippen molar-refractivity contribution in [1.82, 2.24) is 0 Å². The molecule has 0 spiro atoms. The van der Waals surface area contributed by atoms with E-state index in [4.69, 9.17) is 8.85 Å². The van der Waals surface area contributed by atoms with Crippen molar-refractivity contribution in [2.24, 2.45) is 5.41 Å². The lowest BCUT2D eigenvalue weighted by atomic mass is 9.72. The van der Waals surface area contributed by atoms with Crippen LogP contribution in [-0.4, -0.2) is 25.8 Å². The van der Waals surface area contributed by atoms with Gasteiger partial charge >= 0.3 is 0 Å². The molecule has 0 fully saturated rings. The van der Waals surface area contributed by atoms with Crippen LogP contribution in [0.5, 0.6) is 0 Å². The maximum Gasteiger partial charge on any atom is 0.161 e. The van der Waals surface area contributed by atoms with Crippen molar-refractivity contribution in [1.29, 1.82) is 0 Å². The maximum atomic E-state index is 6.12. The van der Waals surface area contributed by atoms with Gasteiger partial charge in [0.05, 0.1) is 0 Å². The minimum atomic E-state index is -0.486. The molecule has 0 bridgehead atoms. The van der Waals surface area contributed by atoms with Crippen molar-refractivity contribution < 1.29 is 8.85 Å². The van der Waals surface area contributed by atoms with Crippen LogP contribution in [-0.2, 0) is 8.85 Å². The van der Waals surface area contributed by atoms with Gasteiger partial charge in [0.25, 0.3) is 0 Å². The Hall–Kier alpha value is 0.0538. The lowest BCUT2D eigenvalue weighted by Crippen LogP contribution is -2.40. The van der Waals surface area contributed by atoms with Crippen molar-refractivity contribution in [3.05, 3.63) is 34.3 Å². The van der Waals surface area contributed by atoms with Gasteiger partial charge in [-0.1, -0.05) is 81.2 Å². The first kappa shape index (κ1) is 21.1. The van der Waals surface area contributed by atoms with E-state index >= 15 is 0 Å².